The van der Waals surface area contributed by atoms with Gasteiger partial charge in [-0.2, -0.15) is 0 Å². The number of nitrogens with zero attached hydrogens (tertiary/aromatic N) is 1. The summed E-state index contributed by atoms with van der Waals surface area (Å²) >= 11 is -2.12. The van der Waals surface area contributed by atoms with Gasteiger partial charge in [-0.25, -0.2) is 14.0 Å². The number of hydrogen-bond donors (Lipinski definition) is 4. The van der Waals surface area contributed by atoms with Crippen molar-refractivity contribution >= 4 is 28.1 Å². The second-order valence-electron chi connectivity index (χ2n) is 4.09. The first kappa shape index (κ1) is 13.3. The van der Waals surface area contributed by atoms with Crippen LogP contribution in [0.5, 0.6) is 11.5 Å². The summed E-state index contributed by atoms with van der Waals surface area (Å²) in [6, 6.07) is 8.09. The van der Waals surface area contributed by atoms with Gasteiger partial charge in [-0.1, -0.05) is 0 Å². The molecule has 0 amide bonds. The van der Waals surface area contributed by atoms with Gasteiger partial charge >= 0.3 is 5.69 Å². The third-order valence-electron chi connectivity index (χ3n) is 2.67. The highest BCUT2D eigenvalue weighted by Crippen LogP contribution is 2.26. The van der Waals surface area contributed by atoms with E-state index in [4.69, 9.17) is 9.29 Å². The molecule has 9 heteroatoms. The number of rotatable bonds is 4. The molecule has 108 valence electrons. The van der Waals surface area contributed by atoms with Crippen LogP contribution >= 0.6 is 0 Å². The van der Waals surface area contributed by atoms with Gasteiger partial charge in [0.2, 0.25) is 0 Å². The summed E-state index contributed by atoms with van der Waals surface area (Å²) < 4.78 is 27.3. The quantitative estimate of drug-likeness (QED) is 0.546. The van der Waals surface area contributed by atoms with Crippen molar-refractivity contribution in [3.05, 3.63) is 47.0 Å². The van der Waals surface area contributed by atoms with Gasteiger partial charge in [0.1, 0.15) is 11.3 Å². The van der Waals surface area contributed by atoms with Crippen molar-refractivity contribution in [2.75, 3.05) is 4.72 Å². The smallest absolute Gasteiger partial charge is 0.325 e. The SMILES string of the molecule is O=c1[nH]c2nccc(Oc3ccc(NS(=O)O)cc3)c2[nH]1. The van der Waals surface area contributed by atoms with E-state index in [-0.39, 0.29) is 5.69 Å². The van der Waals surface area contributed by atoms with E-state index < -0.39 is 11.3 Å². The minimum absolute atomic E-state index is 0.362. The van der Waals surface area contributed by atoms with Crippen LogP contribution in [-0.2, 0) is 11.3 Å². The fraction of sp³-hybridized carbons (Fsp3) is 0. The third-order valence-corrected chi connectivity index (χ3v) is 3.08. The molecule has 1 unspecified atom stereocenters. The highest BCUT2D eigenvalue weighted by atomic mass is 32.2. The molecule has 0 spiro atoms. The summed E-state index contributed by atoms with van der Waals surface area (Å²) in [5.41, 5.74) is 1.00. The molecular weight excluding hydrogens is 296 g/mol. The highest BCUT2D eigenvalue weighted by Gasteiger charge is 2.07. The maximum atomic E-state index is 11.3. The van der Waals surface area contributed by atoms with Gasteiger partial charge < -0.3 is 9.72 Å². The van der Waals surface area contributed by atoms with Crippen molar-refractivity contribution in [1.82, 2.24) is 15.0 Å². The summed E-state index contributed by atoms with van der Waals surface area (Å²) in [4.78, 5) is 20.4. The van der Waals surface area contributed by atoms with E-state index in [2.05, 4.69) is 19.7 Å². The summed E-state index contributed by atoms with van der Waals surface area (Å²) in [5.74, 6) is 0.962. The summed E-state index contributed by atoms with van der Waals surface area (Å²) in [6.45, 7) is 0. The average molecular weight is 306 g/mol. The van der Waals surface area contributed by atoms with E-state index in [1.54, 1.807) is 30.3 Å². The molecule has 2 heterocycles. The standard InChI is InChI=1S/C12H10N4O4S/c17-12-14-10-9(5-6-13-11(10)15-12)20-8-3-1-7(2-4-8)16-21(18)19/h1-6,16H,(H,18,19)(H2,13,14,15,17). The van der Waals surface area contributed by atoms with E-state index in [0.29, 0.717) is 28.4 Å². The molecule has 3 rings (SSSR count). The number of aromatic nitrogens is 3. The number of pyridine rings is 1. The van der Waals surface area contributed by atoms with Gasteiger partial charge in [0.05, 0.1) is 0 Å². The van der Waals surface area contributed by atoms with E-state index in [1.165, 1.54) is 6.20 Å². The molecule has 0 aliphatic heterocycles. The Balaban J connectivity index is 1.88. The number of fused-ring (bicyclic) bond motifs is 1. The second kappa shape index (κ2) is 5.38. The van der Waals surface area contributed by atoms with Crippen LogP contribution < -0.4 is 15.1 Å². The average Bonchev–Trinajstić information content (AvgIpc) is 2.82. The molecule has 0 saturated heterocycles. The lowest BCUT2D eigenvalue weighted by atomic mass is 10.3. The minimum Gasteiger partial charge on any atom is -0.455 e. The molecule has 0 radical (unpaired) electrons. The van der Waals surface area contributed by atoms with Crippen LogP contribution in [0.1, 0.15) is 0 Å². The summed E-state index contributed by atoms with van der Waals surface area (Å²) in [6.07, 6.45) is 1.52. The van der Waals surface area contributed by atoms with Crippen LogP contribution in [0.25, 0.3) is 11.2 Å². The first-order chi connectivity index (χ1) is 10.1. The maximum Gasteiger partial charge on any atom is 0.325 e. The summed E-state index contributed by atoms with van der Waals surface area (Å²) in [7, 11) is 0. The van der Waals surface area contributed by atoms with Crippen LogP contribution in [0.15, 0.2) is 41.3 Å². The van der Waals surface area contributed by atoms with Crippen LogP contribution in [0, 0.1) is 0 Å². The Kier molecular flexibility index (Phi) is 3.42. The zero-order valence-corrected chi connectivity index (χ0v) is 11.3. The number of hydrogen-bond acceptors (Lipinski definition) is 4. The van der Waals surface area contributed by atoms with Crippen LogP contribution in [0.3, 0.4) is 0 Å². The van der Waals surface area contributed by atoms with Gasteiger partial charge in [0.15, 0.2) is 11.4 Å². The van der Waals surface area contributed by atoms with Crippen molar-refractivity contribution in [3.8, 4) is 11.5 Å². The zero-order chi connectivity index (χ0) is 14.8. The van der Waals surface area contributed by atoms with Gasteiger partial charge in [-0.15, -0.1) is 0 Å². The van der Waals surface area contributed by atoms with Crippen LogP contribution in [-0.4, -0.2) is 23.7 Å². The van der Waals surface area contributed by atoms with Gasteiger partial charge in [0.25, 0.3) is 11.3 Å². The zero-order valence-electron chi connectivity index (χ0n) is 10.5. The molecule has 3 aromatic rings. The first-order valence-corrected chi connectivity index (χ1v) is 6.95. The molecule has 1 aromatic carbocycles. The van der Waals surface area contributed by atoms with Crippen LogP contribution in [0.4, 0.5) is 5.69 Å². The molecular formula is C12H10N4O4S. The number of benzene rings is 1. The first-order valence-electron chi connectivity index (χ1n) is 5.84. The van der Waals surface area contributed by atoms with Crippen molar-refractivity contribution in [3.63, 3.8) is 0 Å². The molecule has 2 aromatic heterocycles. The lowest BCUT2D eigenvalue weighted by Gasteiger charge is -2.07. The van der Waals surface area contributed by atoms with Gasteiger partial charge in [-0.05, 0) is 24.3 Å². The summed E-state index contributed by atoms with van der Waals surface area (Å²) in [5, 5.41) is 0. The Bertz CT molecular complexity index is 856. The molecule has 4 N–H and O–H groups in total. The Hall–Kier alpha value is -2.65. The Labute approximate surface area is 120 Å². The topological polar surface area (TPSA) is 120 Å². The number of aromatic amines is 2. The molecule has 1 atom stereocenters. The number of nitrogens with one attached hydrogen (secondary N) is 3. The molecule has 0 fully saturated rings. The van der Waals surface area contributed by atoms with E-state index in [0.717, 1.165) is 0 Å². The largest absolute Gasteiger partial charge is 0.455 e. The normalized spacial score (nSPS) is 12.2. The lowest BCUT2D eigenvalue weighted by molar-refractivity contribution is 0.487. The Morgan fingerprint density at radius 2 is 1.95 bits per heavy atom. The fourth-order valence-corrected chi connectivity index (χ4v) is 2.15. The monoisotopic (exact) mass is 306 g/mol. The molecule has 0 saturated carbocycles. The second-order valence-corrected chi connectivity index (χ2v) is 4.79. The lowest BCUT2D eigenvalue weighted by Crippen LogP contribution is -2.01. The molecule has 0 bridgehead atoms. The molecule has 0 aliphatic rings. The Morgan fingerprint density at radius 3 is 2.67 bits per heavy atom. The van der Waals surface area contributed by atoms with E-state index in [1.807, 2.05) is 0 Å². The third kappa shape index (κ3) is 2.93. The number of imidazole rings is 1. The predicted molar refractivity (Wildman–Crippen MR) is 77.6 cm³/mol. The number of anilines is 1. The number of ether oxygens (including phenoxy) is 1. The fourth-order valence-electron chi connectivity index (χ4n) is 1.82. The molecule has 8 nitrogen and oxygen atoms in total. The maximum absolute atomic E-state index is 11.3. The number of H-pyrrole nitrogens is 2. The van der Waals surface area contributed by atoms with Crippen molar-refractivity contribution in [2.45, 2.75) is 0 Å². The molecule has 21 heavy (non-hydrogen) atoms. The predicted octanol–water partition coefficient (Wildman–Crippen LogP) is 1.59. The van der Waals surface area contributed by atoms with Crippen molar-refractivity contribution in [2.24, 2.45) is 0 Å². The van der Waals surface area contributed by atoms with Crippen molar-refractivity contribution in [1.29, 1.82) is 0 Å². The van der Waals surface area contributed by atoms with Gasteiger partial charge in [0, 0.05) is 18.0 Å². The van der Waals surface area contributed by atoms with E-state index >= 15 is 0 Å². The van der Waals surface area contributed by atoms with Crippen LogP contribution in [0.2, 0.25) is 0 Å². The minimum atomic E-state index is -2.12. The van der Waals surface area contributed by atoms with Gasteiger partial charge in [-0.3, -0.25) is 14.3 Å². The van der Waals surface area contributed by atoms with E-state index in [9.17, 15) is 9.00 Å². The highest BCUT2D eigenvalue weighted by molar-refractivity contribution is 7.80. The molecule has 0 aliphatic carbocycles. The van der Waals surface area contributed by atoms with Crippen molar-refractivity contribution < 1.29 is 13.5 Å². The Morgan fingerprint density at radius 1 is 1.19 bits per heavy atom.